The molecule has 11 nitrogen and oxygen atoms in total. The van der Waals surface area contributed by atoms with E-state index in [1.807, 2.05) is 40.8 Å². The van der Waals surface area contributed by atoms with Crippen molar-refractivity contribution in [3.05, 3.63) is 71.9 Å². The monoisotopic (exact) mass is 485 g/mol. The van der Waals surface area contributed by atoms with Crippen LogP contribution in [0.5, 0.6) is 0 Å². The van der Waals surface area contributed by atoms with E-state index in [0.717, 1.165) is 11.3 Å². The first-order valence-corrected chi connectivity index (χ1v) is 11.2. The van der Waals surface area contributed by atoms with Crippen LogP contribution >= 0.6 is 0 Å². The number of aliphatic hydroxyl groups excluding tert-OH is 1. The summed E-state index contributed by atoms with van der Waals surface area (Å²) in [6.07, 6.45) is 7.71. The molecule has 0 aliphatic carbocycles. The highest BCUT2D eigenvalue weighted by molar-refractivity contribution is 6.09. The van der Waals surface area contributed by atoms with Gasteiger partial charge in [-0.15, -0.1) is 0 Å². The number of aromatic nitrogens is 6. The lowest BCUT2D eigenvalue weighted by molar-refractivity contribution is 0.0977. The maximum absolute atomic E-state index is 12.8. The maximum atomic E-state index is 12.8. The van der Waals surface area contributed by atoms with E-state index in [-0.39, 0.29) is 11.6 Å². The first-order chi connectivity index (χ1) is 17.0. The van der Waals surface area contributed by atoms with Gasteiger partial charge in [0, 0.05) is 28.9 Å². The molecule has 0 saturated heterocycles. The van der Waals surface area contributed by atoms with Gasteiger partial charge >= 0.3 is 0 Å². The number of allylic oxidation sites excluding steroid dienone is 1. The summed E-state index contributed by atoms with van der Waals surface area (Å²) < 4.78 is 1.71. The summed E-state index contributed by atoms with van der Waals surface area (Å²) >= 11 is 0. The molecule has 3 heterocycles. The fourth-order valence-electron chi connectivity index (χ4n) is 3.20. The van der Waals surface area contributed by atoms with E-state index >= 15 is 0 Å². The number of imidazole rings is 1. The average Bonchev–Trinajstić information content (AvgIpc) is 3.26. The minimum absolute atomic E-state index is 0.00177. The summed E-state index contributed by atoms with van der Waals surface area (Å²) in [4.78, 5) is 34.6. The van der Waals surface area contributed by atoms with Crippen molar-refractivity contribution in [2.45, 2.75) is 34.6 Å². The first-order valence-electron chi connectivity index (χ1n) is 11.2. The number of fused-ring (bicyclic) bond motifs is 1. The number of amides is 1. The molecule has 0 bridgehead atoms. The van der Waals surface area contributed by atoms with Gasteiger partial charge in [0.1, 0.15) is 35.3 Å². The number of carbonyl (C=O) groups is 1. The Hall–Kier alpha value is -4.67. The van der Waals surface area contributed by atoms with E-state index in [1.54, 1.807) is 35.3 Å². The Morgan fingerprint density at radius 3 is 2.61 bits per heavy atom. The number of anilines is 2. The second kappa shape index (κ2) is 9.53. The molecule has 0 spiro atoms. The fraction of sp³-hybridized carbons (Fsp3) is 0.240. The Kier molecular flexibility index (Phi) is 6.47. The van der Waals surface area contributed by atoms with Crippen molar-refractivity contribution >= 4 is 34.3 Å². The van der Waals surface area contributed by atoms with Crippen molar-refractivity contribution in [2.75, 3.05) is 5.32 Å². The SMILES string of the molecule is Cc1cn(-c2ncc3ncnc(Nc4cc(C(=O)NC(=N)/C=C(\O)C(C)(C)C)ccc4C)c3n2)cn1. The largest absolute Gasteiger partial charge is 0.512 e. The third-order valence-corrected chi connectivity index (χ3v) is 5.36. The van der Waals surface area contributed by atoms with Crippen LogP contribution in [0.2, 0.25) is 0 Å². The Morgan fingerprint density at radius 1 is 1.14 bits per heavy atom. The van der Waals surface area contributed by atoms with Gasteiger partial charge in [0.25, 0.3) is 5.91 Å². The molecule has 1 aromatic carbocycles. The molecule has 36 heavy (non-hydrogen) atoms. The number of aliphatic hydroxyl groups is 1. The maximum Gasteiger partial charge on any atom is 0.256 e. The van der Waals surface area contributed by atoms with Gasteiger partial charge in [-0.3, -0.25) is 14.8 Å². The highest BCUT2D eigenvalue weighted by Crippen LogP contribution is 2.25. The van der Waals surface area contributed by atoms with E-state index in [4.69, 9.17) is 5.41 Å². The quantitative estimate of drug-likeness (QED) is 0.187. The molecule has 1 amide bonds. The van der Waals surface area contributed by atoms with E-state index in [9.17, 15) is 9.90 Å². The number of nitrogens with zero attached hydrogens (tertiary/aromatic N) is 6. The van der Waals surface area contributed by atoms with Gasteiger partial charge in [0.2, 0.25) is 5.95 Å². The van der Waals surface area contributed by atoms with Crippen LogP contribution < -0.4 is 10.6 Å². The van der Waals surface area contributed by atoms with Crippen molar-refractivity contribution in [3.8, 4) is 5.95 Å². The molecular weight excluding hydrogens is 458 g/mol. The second-order valence-electron chi connectivity index (χ2n) is 9.35. The van der Waals surface area contributed by atoms with Crippen LogP contribution in [-0.2, 0) is 0 Å². The summed E-state index contributed by atoms with van der Waals surface area (Å²) in [5.74, 6) is 0.196. The fourth-order valence-corrected chi connectivity index (χ4v) is 3.20. The van der Waals surface area contributed by atoms with Crippen LogP contribution in [0, 0.1) is 24.7 Å². The number of benzene rings is 1. The van der Waals surface area contributed by atoms with E-state index in [0.29, 0.717) is 34.1 Å². The number of rotatable bonds is 5. The Balaban J connectivity index is 1.61. The average molecular weight is 486 g/mol. The molecule has 0 saturated carbocycles. The number of aryl methyl sites for hydroxylation is 2. The number of hydrogen-bond acceptors (Lipinski definition) is 9. The van der Waals surface area contributed by atoms with Gasteiger partial charge in [-0.05, 0) is 31.5 Å². The molecular formula is C25H27N9O2. The molecule has 4 N–H and O–H groups in total. The molecule has 11 heteroatoms. The van der Waals surface area contributed by atoms with Crippen LogP contribution in [0.3, 0.4) is 0 Å². The molecule has 184 valence electrons. The molecule has 0 radical (unpaired) electrons. The standard InChI is InChI=1S/C25H27N9O2/c1-14-6-7-16(23(36)32-20(26)9-19(35)25(3,4)5)8-17(14)31-22-21-18(28-12-29-22)10-27-24(33-21)34-11-15(2)30-13-34/h6-13,35H,1-5H3,(H2,26,32,36)(H,28,29,31)/b19-9-. The lowest BCUT2D eigenvalue weighted by atomic mass is 9.93. The van der Waals surface area contributed by atoms with Crippen LogP contribution in [-0.4, -0.2) is 46.3 Å². The van der Waals surface area contributed by atoms with E-state index < -0.39 is 11.3 Å². The topological polar surface area (TPSA) is 155 Å². The molecule has 0 unspecified atom stereocenters. The summed E-state index contributed by atoms with van der Waals surface area (Å²) in [5.41, 5.74) is 3.21. The highest BCUT2D eigenvalue weighted by atomic mass is 16.3. The Bertz CT molecular complexity index is 1500. The predicted molar refractivity (Wildman–Crippen MR) is 137 cm³/mol. The number of nitrogens with one attached hydrogen (secondary N) is 3. The predicted octanol–water partition coefficient (Wildman–Crippen LogP) is 4.16. The number of hydrogen-bond donors (Lipinski definition) is 4. The van der Waals surface area contributed by atoms with Crippen molar-refractivity contribution in [3.63, 3.8) is 0 Å². The third kappa shape index (κ3) is 5.35. The summed E-state index contributed by atoms with van der Waals surface area (Å²) in [6.45, 7) is 9.21. The lowest BCUT2D eigenvalue weighted by Gasteiger charge is -2.17. The molecule has 4 aromatic rings. The van der Waals surface area contributed by atoms with Gasteiger partial charge in [0.15, 0.2) is 5.82 Å². The van der Waals surface area contributed by atoms with Gasteiger partial charge < -0.3 is 15.7 Å². The van der Waals surface area contributed by atoms with Crippen LogP contribution in [0.4, 0.5) is 11.5 Å². The zero-order chi connectivity index (χ0) is 26.0. The minimum atomic E-state index is -0.529. The molecule has 0 aliphatic rings. The van der Waals surface area contributed by atoms with Gasteiger partial charge in [-0.25, -0.2) is 24.9 Å². The zero-order valence-electron chi connectivity index (χ0n) is 20.7. The minimum Gasteiger partial charge on any atom is -0.512 e. The molecule has 3 aromatic heterocycles. The van der Waals surface area contributed by atoms with E-state index in [2.05, 4.69) is 35.6 Å². The summed E-state index contributed by atoms with van der Waals surface area (Å²) in [5, 5.41) is 23.9. The van der Waals surface area contributed by atoms with Crippen molar-refractivity contribution < 1.29 is 9.90 Å². The van der Waals surface area contributed by atoms with E-state index in [1.165, 1.54) is 12.4 Å². The third-order valence-electron chi connectivity index (χ3n) is 5.36. The van der Waals surface area contributed by atoms with Crippen LogP contribution in [0.15, 0.2) is 55.1 Å². The molecule has 4 rings (SSSR count). The van der Waals surface area contributed by atoms with Crippen LogP contribution in [0.25, 0.3) is 17.0 Å². The summed E-state index contributed by atoms with van der Waals surface area (Å²) in [6, 6.07) is 5.12. The first kappa shape index (κ1) is 24.5. The Morgan fingerprint density at radius 2 is 1.92 bits per heavy atom. The van der Waals surface area contributed by atoms with Gasteiger partial charge in [0.05, 0.1) is 11.9 Å². The Labute approximate surface area is 207 Å². The second-order valence-corrected chi connectivity index (χ2v) is 9.35. The molecule has 0 aliphatic heterocycles. The van der Waals surface area contributed by atoms with Crippen molar-refractivity contribution in [1.29, 1.82) is 5.41 Å². The van der Waals surface area contributed by atoms with Gasteiger partial charge in [-0.2, -0.15) is 0 Å². The number of amidine groups is 1. The number of carbonyl (C=O) groups excluding carboxylic acids is 1. The smallest absolute Gasteiger partial charge is 0.256 e. The van der Waals surface area contributed by atoms with Gasteiger partial charge in [-0.1, -0.05) is 26.8 Å². The van der Waals surface area contributed by atoms with Crippen molar-refractivity contribution in [2.24, 2.45) is 5.41 Å². The normalized spacial score (nSPS) is 12.0. The molecule has 0 atom stereocenters. The van der Waals surface area contributed by atoms with Crippen LogP contribution in [0.1, 0.15) is 42.4 Å². The van der Waals surface area contributed by atoms with Crippen molar-refractivity contribution in [1.82, 2.24) is 34.8 Å². The molecule has 0 fully saturated rings. The summed E-state index contributed by atoms with van der Waals surface area (Å²) in [7, 11) is 0. The zero-order valence-corrected chi connectivity index (χ0v) is 20.7. The highest BCUT2D eigenvalue weighted by Gasteiger charge is 2.18. The lowest BCUT2D eigenvalue weighted by Crippen LogP contribution is -2.29.